The Morgan fingerprint density at radius 1 is 1.44 bits per heavy atom. The van der Waals surface area contributed by atoms with E-state index in [1.807, 2.05) is 31.2 Å². The first-order valence-corrected chi connectivity index (χ1v) is 5.69. The van der Waals surface area contributed by atoms with E-state index in [1.54, 1.807) is 0 Å². The van der Waals surface area contributed by atoms with Crippen LogP contribution in [0.4, 0.5) is 5.82 Å². The third kappa shape index (κ3) is 2.04. The van der Waals surface area contributed by atoms with Gasteiger partial charge in [0.2, 0.25) is 0 Å². The Morgan fingerprint density at radius 3 is 2.75 bits per heavy atom. The van der Waals surface area contributed by atoms with Crippen LogP contribution in [0.15, 0.2) is 39.6 Å². The molecule has 0 aliphatic heterocycles. The molecule has 1 heterocycles. The topological polar surface area (TPSA) is 63.8 Å². The lowest BCUT2D eigenvalue weighted by atomic mass is 10.1. The Balaban J connectivity index is 2.42. The first-order valence-electron chi connectivity index (χ1n) is 4.90. The summed E-state index contributed by atoms with van der Waals surface area (Å²) in [5, 5.41) is 2.83. The summed E-state index contributed by atoms with van der Waals surface area (Å²) in [5.74, 6) is 0.381. The molecule has 0 amide bonds. The van der Waals surface area contributed by atoms with E-state index < -0.39 is 0 Å². The minimum atomic E-state index is -0.120. The van der Waals surface area contributed by atoms with Crippen LogP contribution in [0.5, 0.6) is 0 Å². The third-order valence-electron chi connectivity index (χ3n) is 2.48. The maximum atomic E-state index is 11.6. The molecular weight excluding hydrogens is 270 g/mol. The van der Waals surface area contributed by atoms with Gasteiger partial charge in [0.15, 0.2) is 0 Å². The van der Waals surface area contributed by atoms with Crippen LogP contribution < -0.4 is 11.3 Å². The highest BCUT2D eigenvalue weighted by Gasteiger charge is 2.11. The van der Waals surface area contributed by atoms with E-state index in [4.69, 9.17) is 5.73 Å². The molecular formula is C11H12BrN3O. The number of nitrogens with zero attached hydrogens (tertiary/aromatic N) is 1. The summed E-state index contributed by atoms with van der Waals surface area (Å²) in [5.41, 5.74) is 6.46. The van der Waals surface area contributed by atoms with Gasteiger partial charge in [-0.3, -0.25) is 9.89 Å². The number of hydrogen-bond acceptors (Lipinski definition) is 2. The van der Waals surface area contributed by atoms with Crippen LogP contribution in [0, 0.1) is 0 Å². The van der Waals surface area contributed by atoms with Crippen LogP contribution in [-0.2, 0) is 0 Å². The van der Waals surface area contributed by atoms with Crippen molar-refractivity contribution >= 4 is 21.7 Å². The second-order valence-electron chi connectivity index (χ2n) is 3.65. The predicted molar refractivity (Wildman–Crippen MR) is 67.4 cm³/mol. The lowest BCUT2D eigenvalue weighted by Crippen LogP contribution is -2.20. The second kappa shape index (κ2) is 4.17. The van der Waals surface area contributed by atoms with Gasteiger partial charge in [0.05, 0.1) is 6.04 Å². The first kappa shape index (κ1) is 11.0. The smallest absolute Gasteiger partial charge is 0.269 e. The number of nitrogen functional groups attached to an aromatic ring is 1. The number of aromatic nitrogens is 2. The summed E-state index contributed by atoms with van der Waals surface area (Å²) >= 11 is 3.40. The number of halogens is 1. The van der Waals surface area contributed by atoms with E-state index in [0.29, 0.717) is 5.82 Å². The third-order valence-corrected chi connectivity index (χ3v) is 2.98. The fourth-order valence-corrected chi connectivity index (χ4v) is 2.05. The average molecular weight is 282 g/mol. The van der Waals surface area contributed by atoms with Crippen LogP contribution in [0.25, 0.3) is 0 Å². The molecule has 0 fully saturated rings. The Labute approximate surface area is 101 Å². The van der Waals surface area contributed by atoms with Crippen molar-refractivity contribution in [3.63, 3.8) is 0 Å². The summed E-state index contributed by atoms with van der Waals surface area (Å²) in [7, 11) is 0. The molecule has 1 atom stereocenters. The second-order valence-corrected chi connectivity index (χ2v) is 4.57. The molecule has 5 heteroatoms. The van der Waals surface area contributed by atoms with E-state index in [0.717, 1.165) is 10.0 Å². The minimum Gasteiger partial charge on any atom is -0.384 e. The summed E-state index contributed by atoms with van der Waals surface area (Å²) in [6.07, 6.45) is 0. The summed E-state index contributed by atoms with van der Waals surface area (Å²) < 4.78 is 2.50. The van der Waals surface area contributed by atoms with Gasteiger partial charge in [-0.1, -0.05) is 28.1 Å². The van der Waals surface area contributed by atoms with Crippen molar-refractivity contribution in [3.8, 4) is 0 Å². The van der Waals surface area contributed by atoms with E-state index in [-0.39, 0.29) is 11.6 Å². The summed E-state index contributed by atoms with van der Waals surface area (Å²) in [6, 6.07) is 9.15. The molecule has 84 valence electrons. The number of H-pyrrole nitrogens is 1. The Kier molecular flexibility index (Phi) is 2.87. The molecule has 0 saturated carbocycles. The molecule has 1 unspecified atom stereocenters. The van der Waals surface area contributed by atoms with E-state index in [1.165, 1.54) is 10.7 Å². The molecule has 0 saturated heterocycles. The fourth-order valence-electron chi connectivity index (χ4n) is 1.63. The van der Waals surface area contributed by atoms with Crippen LogP contribution in [-0.4, -0.2) is 9.78 Å². The van der Waals surface area contributed by atoms with Gasteiger partial charge in [-0.15, -0.1) is 0 Å². The highest BCUT2D eigenvalue weighted by atomic mass is 79.9. The highest BCUT2D eigenvalue weighted by molar-refractivity contribution is 9.10. The molecule has 2 aromatic rings. The molecule has 2 rings (SSSR count). The Hall–Kier alpha value is -1.49. The average Bonchev–Trinajstić information content (AvgIpc) is 2.57. The molecule has 0 aliphatic carbocycles. The molecule has 4 nitrogen and oxygen atoms in total. The zero-order valence-electron chi connectivity index (χ0n) is 8.77. The van der Waals surface area contributed by atoms with Crippen molar-refractivity contribution in [2.75, 3.05) is 5.73 Å². The molecule has 0 radical (unpaired) electrons. The molecule has 0 spiro atoms. The molecule has 1 aromatic heterocycles. The molecule has 16 heavy (non-hydrogen) atoms. The minimum absolute atomic E-state index is 0.0673. The highest BCUT2D eigenvalue weighted by Crippen LogP contribution is 2.19. The number of nitrogens with one attached hydrogen (secondary N) is 1. The maximum Gasteiger partial charge on any atom is 0.269 e. The van der Waals surface area contributed by atoms with Crippen molar-refractivity contribution in [2.24, 2.45) is 0 Å². The summed E-state index contributed by atoms with van der Waals surface area (Å²) in [6.45, 7) is 1.94. The molecule has 1 aromatic carbocycles. The molecule has 0 bridgehead atoms. The number of benzene rings is 1. The van der Waals surface area contributed by atoms with Crippen LogP contribution >= 0.6 is 15.9 Å². The monoisotopic (exact) mass is 281 g/mol. The van der Waals surface area contributed by atoms with Crippen LogP contribution in [0.3, 0.4) is 0 Å². The van der Waals surface area contributed by atoms with Gasteiger partial charge in [0.25, 0.3) is 5.56 Å². The number of nitrogens with two attached hydrogens (primary N) is 1. The van der Waals surface area contributed by atoms with Gasteiger partial charge in [0, 0.05) is 10.5 Å². The number of aromatic amines is 1. The van der Waals surface area contributed by atoms with Crippen molar-refractivity contribution in [1.82, 2.24) is 9.78 Å². The SMILES string of the molecule is CC(c1cccc(Br)c1)n1[nH]c(N)cc1=O. The standard InChI is InChI=1S/C11H12BrN3O/c1-7(8-3-2-4-9(12)5-8)15-11(16)6-10(13)14-15/h2-7,14H,13H2,1H3. The predicted octanol–water partition coefficient (Wildman–Crippen LogP) is 2.13. The number of anilines is 1. The van der Waals surface area contributed by atoms with Crippen LogP contribution in [0.1, 0.15) is 18.5 Å². The quantitative estimate of drug-likeness (QED) is 0.886. The fraction of sp³-hybridized carbons (Fsp3) is 0.182. The van der Waals surface area contributed by atoms with Crippen molar-refractivity contribution in [1.29, 1.82) is 0 Å². The molecule has 3 N–H and O–H groups in total. The van der Waals surface area contributed by atoms with Gasteiger partial charge in [0.1, 0.15) is 5.82 Å². The van der Waals surface area contributed by atoms with Gasteiger partial charge >= 0.3 is 0 Å². The normalized spacial score (nSPS) is 12.6. The van der Waals surface area contributed by atoms with Gasteiger partial charge in [-0.25, -0.2) is 4.68 Å². The van der Waals surface area contributed by atoms with E-state index in [9.17, 15) is 4.79 Å². The summed E-state index contributed by atoms with van der Waals surface area (Å²) in [4.78, 5) is 11.6. The van der Waals surface area contributed by atoms with E-state index >= 15 is 0 Å². The van der Waals surface area contributed by atoms with E-state index in [2.05, 4.69) is 21.0 Å². The Morgan fingerprint density at radius 2 is 2.19 bits per heavy atom. The lowest BCUT2D eigenvalue weighted by Gasteiger charge is -2.12. The number of rotatable bonds is 2. The van der Waals surface area contributed by atoms with Crippen LogP contribution in [0.2, 0.25) is 0 Å². The number of hydrogen-bond donors (Lipinski definition) is 2. The molecule has 0 aliphatic rings. The largest absolute Gasteiger partial charge is 0.384 e. The zero-order chi connectivity index (χ0) is 11.7. The van der Waals surface area contributed by atoms with Crippen molar-refractivity contribution < 1.29 is 0 Å². The first-order chi connectivity index (χ1) is 7.58. The van der Waals surface area contributed by atoms with Gasteiger partial charge in [-0.05, 0) is 24.6 Å². The van der Waals surface area contributed by atoms with Gasteiger partial charge < -0.3 is 5.73 Å². The van der Waals surface area contributed by atoms with Crippen molar-refractivity contribution in [3.05, 3.63) is 50.7 Å². The van der Waals surface area contributed by atoms with Crippen molar-refractivity contribution in [2.45, 2.75) is 13.0 Å². The maximum absolute atomic E-state index is 11.6. The zero-order valence-corrected chi connectivity index (χ0v) is 10.4. The Bertz CT molecular complexity index is 558. The van der Waals surface area contributed by atoms with Gasteiger partial charge in [-0.2, -0.15) is 0 Å². The lowest BCUT2D eigenvalue weighted by molar-refractivity contribution is 0.549.